The highest BCUT2D eigenvalue weighted by atomic mass is 35.5. The van der Waals surface area contributed by atoms with Crippen LogP contribution in [-0.2, 0) is 9.47 Å². The van der Waals surface area contributed by atoms with E-state index in [-0.39, 0.29) is 31.1 Å². The monoisotopic (exact) mass is 467 g/mol. The first-order valence-electron chi connectivity index (χ1n) is 10.5. The molecule has 0 unspecified atom stereocenters. The molecule has 0 bridgehead atoms. The molecule has 2 fully saturated rings. The second-order valence-electron chi connectivity index (χ2n) is 7.63. The molecule has 10 heteroatoms. The molecule has 2 aromatic rings. The highest BCUT2D eigenvalue weighted by Crippen LogP contribution is 2.40. The smallest absolute Gasteiger partial charge is 0.409 e. The maximum absolute atomic E-state index is 12.1. The number of piperidine rings is 1. The Kier molecular flexibility index (Phi) is 7.71. The lowest BCUT2D eigenvalue weighted by Crippen LogP contribution is -2.38. The summed E-state index contributed by atoms with van der Waals surface area (Å²) in [5.41, 5.74) is 0.937. The lowest BCUT2D eigenvalue weighted by Gasteiger charge is -2.30. The van der Waals surface area contributed by atoms with Crippen molar-refractivity contribution in [3.63, 3.8) is 0 Å². The minimum atomic E-state index is -0.379. The second kappa shape index (κ2) is 10.7. The third kappa shape index (κ3) is 5.71. The fraction of sp³-hybridized carbons (Fsp3) is 0.571. The Hall–Kier alpha value is -1.81. The molecule has 2 saturated heterocycles. The molecule has 0 spiro atoms. The van der Waals surface area contributed by atoms with Crippen LogP contribution in [0.3, 0.4) is 0 Å². The van der Waals surface area contributed by atoms with E-state index in [0.717, 1.165) is 60.6 Å². The molecule has 2 aliphatic heterocycles. The number of aliphatic hydroxyl groups is 1. The molecular formula is C21H26ClN3O5S. The normalized spacial score (nSPS) is 18.3. The number of hydrogen-bond donors (Lipinski definition) is 1. The van der Waals surface area contributed by atoms with Crippen LogP contribution in [0.1, 0.15) is 49.1 Å². The minimum absolute atomic E-state index is 0.0192. The van der Waals surface area contributed by atoms with Crippen LogP contribution in [0.15, 0.2) is 32.9 Å². The number of nitrogens with zero attached hydrogens (tertiary/aromatic N) is 3. The Morgan fingerprint density at radius 2 is 2.00 bits per heavy atom. The zero-order valence-corrected chi connectivity index (χ0v) is 18.7. The molecule has 1 amide bonds. The van der Waals surface area contributed by atoms with Crippen molar-refractivity contribution >= 4 is 29.5 Å². The van der Waals surface area contributed by atoms with Crippen LogP contribution in [0.5, 0.6) is 0 Å². The number of pyridine rings is 1. The Labute approximate surface area is 190 Å². The lowest BCUT2D eigenvalue weighted by molar-refractivity contribution is 0.0764. The predicted molar refractivity (Wildman–Crippen MR) is 115 cm³/mol. The number of halogens is 1. The summed E-state index contributed by atoms with van der Waals surface area (Å²) in [5, 5.41) is 11.0. The molecule has 4 rings (SSSR count). The van der Waals surface area contributed by atoms with E-state index in [1.807, 2.05) is 12.1 Å². The van der Waals surface area contributed by atoms with Gasteiger partial charge in [-0.1, -0.05) is 11.6 Å². The van der Waals surface area contributed by atoms with Crippen LogP contribution in [0.25, 0.3) is 0 Å². The van der Waals surface area contributed by atoms with E-state index >= 15 is 0 Å². The summed E-state index contributed by atoms with van der Waals surface area (Å²) in [5.74, 6) is 1.21. The van der Waals surface area contributed by atoms with Gasteiger partial charge in [0.2, 0.25) is 0 Å². The molecule has 2 aliphatic rings. The summed E-state index contributed by atoms with van der Waals surface area (Å²) in [6, 6.07) is 3.68. The number of carbonyl (C=O) groups is 1. The SMILES string of the molecule is O=C(OCCO)N1CCC(c2nc(C3CCOCC3)oc2Sc2ccc(Cl)cn2)CC1. The number of aliphatic hydroxyl groups excluding tert-OH is 1. The van der Waals surface area contributed by atoms with E-state index < -0.39 is 0 Å². The number of rotatable bonds is 6. The maximum Gasteiger partial charge on any atom is 0.409 e. The molecule has 168 valence electrons. The maximum atomic E-state index is 12.1. The summed E-state index contributed by atoms with van der Waals surface area (Å²) in [4.78, 5) is 23.1. The van der Waals surface area contributed by atoms with Gasteiger partial charge in [0, 0.05) is 44.3 Å². The number of aromatic nitrogens is 2. The van der Waals surface area contributed by atoms with Crippen LogP contribution in [0.2, 0.25) is 5.02 Å². The van der Waals surface area contributed by atoms with E-state index in [1.54, 1.807) is 11.1 Å². The quantitative estimate of drug-likeness (QED) is 0.678. The first-order valence-corrected chi connectivity index (χ1v) is 11.7. The molecule has 31 heavy (non-hydrogen) atoms. The van der Waals surface area contributed by atoms with Gasteiger partial charge in [0.1, 0.15) is 11.6 Å². The molecule has 0 aromatic carbocycles. The largest absolute Gasteiger partial charge is 0.447 e. The molecule has 2 aromatic heterocycles. The summed E-state index contributed by atoms with van der Waals surface area (Å²) in [7, 11) is 0. The topological polar surface area (TPSA) is 97.9 Å². The van der Waals surface area contributed by atoms with Crippen LogP contribution in [0, 0.1) is 0 Å². The molecular weight excluding hydrogens is 442 g/mol. The first kappa shape index (κ1) is 22.4. The zero-order valence-electron chi connectivity index (χ0n) is 17.2. The summed E-state index contributed by atoms with van der Waals surface area (Å²) >= 11 is 7.43. The van der Waals surface area contributed by atoms with Gasteiger partial charge in [-0.3, -0.25) is 0 Å². The molecule has 0 saturated carbocycles. The summed E-state index contributed by atoms with van der Waals surface area (Å²) in [6.45, 7) is 2.45. The second-order valence-corrected chi connectivity index (χ2v) is 9.06. The van der Waals surface area contributed by atoms with Gasteiger partial charge in [-0.2, -0.15) is 0 Å². The first-order chi connectivity index (χ1) is 15.1. The number of likely N-dealkylation sites (tertiary alicyclic amines) is 1. The number of amides is 1. The Bertz CT molecular complexity index is 864. The fourth-order valence-corrected chi connectivity index (χ4v) is 4.85. The van der Waals surface area contributed by atoms with E-state index in [1.165, 1.54) is 11.8 Å². The van der Waals surface area contributed by atoms with Crippen molar-refractivity contribution in [2.75, 3.05) is 39.5 Å². The number of oxazole rings is 1. The average molecular weight is 468 g/mol. The van der Waals surface area contributed by atoms with Crippen LogP contribution in [0.4, 0.5) is 4.79 Å². The summed E-state index contributed by atoms with van der Waals surface area (Å²) < 4.78 is 16.8. The van der Waals surface area contributed by atoms with Crippen molar-refractivity contribution in [2.24, 2.45) is 0 Å². The molecule has 0 atom stereocenters. The van der Waals surface area contributed by atoms with Crippen molar-refractivity contribution in [3.05, 3.63) is 34.9 Å². The van der Waals surface area contributed by atoms with Crippen molar-refractivity contribution < 1.29 is 23.8 Å². The highest BCUT2D eigenvalue weighted by Gasteiger charge is 2.31. The Balaban J connectivity index is 1.50. The number of carbonyl (C=O) groups excluding carboxylic acids is 1. The van der Waals surface area contributed by atoms with Crippen LogP contribution < -0.4 is 0 Å². The Morgan fingerprint density at radius 3 is 2.68 bits per heavy atom. The van der Waals surface area contributed by atoms with E-state index in [4.69, 9.17) is 35.6 Å². The third-order valence-corrected chi connectivity index (χ3v) is 6.71. The zero-order chi connectivity index (χ0) is 21.6. The van der Waals surface area contributed by atoms with Gasteiger partial charge in [-0.15, -0.1) is 0 Å². The molecule has 0 radical (unpaired) electrons. The van der Waals surface area contributed by atoms with Gasteiger partial charge >= 0.3 is 6.09 Å². The van der Waals surface area contributed by atoms with Gasteiger partial charge in [-0.25, -0.2) is 14.8 Å². The van der Waals surface area contributed by atoms with Crippen molar-refractivity contribution in [1.82, 2.24) is 14.9 Å². The summed E-state index contributed by atoms with van der Waals surface area (Å²) in [6.07, 6.45) is 4.59. The highest BCUT2D eigenvalue weighted by molar-refractivity contribution is 7.99. The molecule has 1 N–H and O–H groups in total. The molecule has 0 aliphatic carbocycles. The van der Waals surface area contributed by atoms with Crippen molar-refractivity contribution in [2.45, 2.75) is 47.6 Å². The predicted octanol–water partition coefficient (Wildman–Crippen LogP) is 4.08. The van der Waals surface area contributed by atoms with Crippen LogP contribution in [-0.4, -0.2) is 65.6 Å². The van der Waals surface area contributed by atoms with Crippen molar-refractivity contribution in [3.8, 4) is 0 Å². The lowest BCUT2D eigenvalue weighted by atomic mass is 9.94. The van der Waals surface area contributed by atoms with E-state index in [0.29, 0.717) is 18.1 Å². The minimum Gasteiger partial charge on any atom is -0.447 e. The van der Waals surface area contributed by atoms with Gasteiger partial charge < -0.3 is 23.9 Å². The fourth-order valence-electron chi connectivity index (χ4n) is 3.86. The van der Waals surface area contributed by atoms with Gasteiger partial charge in [0.15, 0.2) is 11.0 Å². The van der Waals surface area contributed by atoms with Gasteiger partial charge in [-0.05, 0) is 49.6 Å². The Morgan fingerprint density at radius 1 is 1.23 bits per heavy atom. The number of hydrogen-bond acceptors (Lipinski definition) is 8. The average Bonchev–Trinajstić information content (AvgIpc) is 3.23. The standard InChI is InChI=1S/C21H26ClN3O5S/c22-16-1-2-17(23-13-16)31-20-18(24-19(30-20)15-5-10-28-11-6-15)14-3-7-25(8-4-14)21(27)29-12-9-26/h1-2,13-15,26H,3-12H2. The molecule has 4 heterocycles. The number of ether oxygens (including phenoxy) is 2. The van der Waals surface area contributed by atoms with Crippen LogP contribution >= 0.6 is 23.4 Å². The van der Waals surface area contributed by atoms with E-state index in [2.05, 4.69) is 4.98 Å². The van der Waals surface area contributed by atoms with Gasteiger partial charge in [0.25, 0.3) is 0 Å². The van der Waals surface area contributed by atoms with E-state index in [9.17, 15) is 4.79 Å². The van der Waals surface area contributed by atoms with Gasteiger partial charge in [0.05, 0.1) is 17.3 Å². The molecule has 8 nitrogen and oxygen atoms in total. The third-order valence-electron chi connectivity index (χ3n) is 5.56. The van der Waals surface area contributed by atoms with Crippen molar-refractivity contribution in [1.29, 1.82) is 0 Å².